The van der Waals surface area contributed by atoms with E-state index >= 15 is 0 Å². The number of esters is 1. The number of rotatable bonds is 5. The molecule has 2 N–H and O–H groups in total. The van der Waals surface area contributed by atoms with Crippen LogP contribution in [0.2, 0.25) is 0 Å². The van der Waals surface area contributed by atoms with Crippen LogP contribution in [0.4, 0.5) is 0 Å². The number of hydrogen-bond acceptors (Lipinski definition) is 5. The summed E-state index contributed by atoms with van der Waals surface area (Å²) in [6.45, 7) is 4.26. The Morgan fingerprint density at radius 3 is 2.44 bits per heavy atom. The number of aromatic nitrogens is 1. The van der Waals surface area contributed by atoms with Crippen LogP contribution in [0.5, 0.6) is 5.75 Å². The third-order valence-corrected chi connectivity index (χ3v) is 5.59. The number of benzene rings is 2. The molecule has 0 aliphatic carbocycles. The van der Waals surface area contributed by atoms with E-state index in [0.29, 0.717) is 6.42 Å². The Labute approximate surface area is 188 Å². The van der Waals surface area contributed by atoms with Crippen LogP contribution in [0.15, 0.2) is 66.7 Å². The standard InChI is InChI=1S/C27H27NO4/c1-17(2)24-16-25(18-6-4-3-5-7-18)28-27(19-8-10-20(29)11-9-19)23(24)13-12-22-14-21(30)15-26(31)32-22/h3-13,16-17,21-22,29-30H,14-15H2,1-2H3/b13-12+/t21-,22-/m1/s1. The quantitative estimate of drug-likeness (QED) is 0.536. The molecule has 2 atom stereocenters. The maximum absolute atomic E-state index is 11.7. The van der Waals surface area contributed by atoms with Gasteiger partial charge in [-0.05, 0) is 47.9 Å². The number of phenols is 1. The van der Waals surface area contributed by atoms with Gasteiger partial charge in [-0.2, -0.15) is 0 Å². The van der Waals surface area contributed by atoms with Crippen LogP contribution >= 0.6 is 0 Å². The summed E-state index contributed by atoms with van der Waals surface area (Å²) in [6.07, 6.45) is 3.01. The number of phenolic OH excluding ortho intramolecular Hbond substituents is 1. The van der Waals surface area contributed by atoms with Crippen molar-refractivity contribution in [1.82, 2.24) is 4.98 Å². The molecule has 1 aliphatic rings. The number of aliphatic hydroxyl groups is 1. The van der Waals surface area contributed by atoms with Crippen molar-refractivity contribution in [3.63, 3.8) is 0 Å². The van der Waals surface area contributed by atoms with Gasteiger partial charge in [0.25, 0.3) is 0 Å². The minimum Gasteiger partial charge on any atom is -0.508 e. The molecule has 0 spiro atoms. The van der Waals surface area contributed by atoms with Crippen molar-refractivity contribution in [3.8, 4) is 28.3 Å². The van der Waals surface area contributed by atoms with Crippen molar-refractivity contribution in [3.05, 3.63) is 77.9 Å². The lowest BCUT2D eigenvalue weighted by Crippen LogP contribution is -2.31. The van der Waals surface area contributed by atoms with E-state index < -0.39 is 18.2 Å². The van der Waals surface area contributed by atoms with Crippen LogP contribution in [-0.2, 0) is 9.53 Å². The average molecular weight is 430 g/mol. The van der Waals surface area contributed by atoms with E-state index in [1.807, 2.05) is 54.6 Å². The maximum Gasteiger partial charge on any atom is 0.309 e. The summed E-state index contributed by atoms with van der Waals surface area (Å²) >= 11 is 0. The van der Waals surface area contributed by atoms with Crippen LogP contribution in [0.25, 0.3) is 28.6 Å². The molecule has 0 saturated carbocycles. The Kier molecular flexibility index (Phi) is 6.37. The van der Waals surface area contributed by atoms with Gasteiger partial charge >= 0.3 is 5.97 Å². The predicted octanol–water partition coefficient (Wildman–Crippen LogP) is 5.32. The highest BCUT2D eigenvalue weighted by atomic mass is 16.5. The highest BCUT2D eigenvalue weighted by Crippen LogP contribution is 2.34. The first-order valence-electron chi connectivity index (χ1n) is 10.9. The summed E-state index contributed by atoms with van der Waals surface area (Å²) in [7, 11) is 0. The Bertz CT molecular complexity index is 1120. The van der Waals surface area contributed by atoms with E-state index in [1.54, 1.807) is 12.1 Å². The third-order valence-electron chi connectivity index (χ3n) is 5.59. The van der Waals surface area contributed by atoms with Crippen molar-refractivity contribution < 1.29 is 19.7 Å². The minimum atomic E-state index is -0.689. The zero-order chi connectivity index (χ0) is 22.7. The van der Waals surface area contributed by atoms with Crippen LogP contribution in [0.3, 0.4) is 0 Å². The number of carbonyl (C=O) groups excluding carboxylic acids is 1. The van der Waals surface area contributed by atoms with Gasteiger partial charge in [0.15, 0.2) is 0 Å². The van der Waals surface area contributed by atoms with E-state index in [4.69, 9.17) is 9.72 Å². The lowest BCUT2D eigenvalue weighted by molar-refractivity contribution is -0.156. The average Bonchev–Trinajstić information content (AvgIpc) is 2.77. The van der Waals surface area contributed by atoms with Gasteiger partial charge in [-0.3, -0.25) is 4.79 Å². The lowest BCUT2D eigenvalue weighted by Gasteiger charge is -2.24. The molecule has 3 aromatic rings. The van der Waals surface area contributed by atoms with E-state index in [-0.39, 0.29) is 18.1 Å². The largest absolute Gasteiger partial charge is 0.508 e. The highest BCUT2D eigenvalue weighted by Gasteiger charge is 2.25. The van der Waals surface area contributed by atoms with Crippen molar-refractivity contribution in [2.24, 2.45) is 0 Å². The van der Waals surface area contributed by atoms with Crippen molar-refractivity contribution in [2.45, 2.75) is 44.8 Å². The van der Waals surface area contributed by atoms with Gasteiger partial charge in [0.05, 0.1) is 23.9 Å². The Balaban J connectivity index is 1.85. The number of carbonyl (C=O) groups is 1. The normalized spacial score (nSPS) is 18.8. The molecule has 0 amide bonds. The Hall–Kier alpha value is -3.44. The van der Waals surface area contributed by atoms with E-state index in [2.05, 4.69) is 19.9 Å². The van der Waals surface area contributed by atoms with Crippen LogP contribution in [0.1, 0.15) is 43.7 Å². The molecule has 5 nitrogen and oxygen atoms in total. The van der Waals surface area contributed by atoms with Gasteiger partial charge in [-0.15, -0.1) is 0 Å². The number of hydrogen-bond donors (Lipinski definition) is 2. The molecule has 2 aromatic carbocycles. The summed E-state index contributed by atoms with van der Waals surface area (Å²) < 4.78 is 5.39. The van der Waals surface area contributed by atoms with Gasteiger partial charge in [0.1, 0.15) is 11.9 Å². The summed E-state index contributed by atoms with van der Waals surface area (Å²) in [6, 6.07) is 19.1. The molecule has 4 rings (SSSR count). The van der Waals surface area contributed by atoms with Crippen molar-refractivity contribution >= 4 is 12.0 Å². The van der Waals surface area contributed by atoms with Gasteiger partial charge < -0.3 is 14.9 Å². The van der Waals surface area contributed by atoms with Crippen LogP contribution in [0, 0.1) is 0 Å². The monoisotopic (exact) mass is 429 g/mol. The number of nitrogens with zero attached hydrogens (tertiary/aromatic N) is 1. The number of pyridine rings is 1. The van der Waals surface area contributed by atoms with Crippen LogP contribution < -0.4 is 0 Å². The maximum atomic E-state index is 11.7. The van der Waals surface area contributed by atoms with E-state index in [0.717, 1.165) is 33.6 Å². The second-order valence-corrected chi connectivity index (χ2v) is 8.41. The van der Waals surface area contributed by atoms with Crippen molar-refractivity contribution in [1.29, 1.82) is 0 Å². The summed E-state index contributed by atoms with van der Waals surface area (Å²) in [5.74, 6) is 0.0199. The minimum absolute atomic E-state index is 0.0354. The molecule has 1 fully saturated rings. The number of cyclic esters (lactones) is 1. The molecule has 2 heterocycles. The zero-order valence-electron chi connectivity index (χ0n) is 18.2. The fraction of sp³-hybridized carbons (Fsp3) is 0.259. The molecular weight excluding hydrogens is 402 g/mol. The summed E-state index contributed by atoms with van der Waals surface area (Å²) in [4.78, 5) is 16.7. The molecule has 0 unspecified atom stereocenters. The fourth-order valence-electron chi connectivity index (χ4n) is 3.95. The van der Waals surface area contributed by atoms with Gasteiger partial charge in [0, 0.05) is 23.1 Å². The third kappa shape index (κ3) is 4.89. The number of aliphatic hydroxyl groups excluding tert-OH is 1. The Morgan fingerprint density at radius 1 is 1.06 bits per heavy atom. The number of ether oxygens (including phenoxy) is 1. The highest BCUT2D eigenvalue weighted by molar-refractivity contribution is 5.78. The lowest BCUT2D eigenvalue weighted by atomic mass is 9.91. The summed E-state index contributed by atoms with van der Waals surface area (Å²) in [5, 5.41) is 19.7. The molecule has 1 saturated heterocycles. The molecule has 1 aliphatic heterocycles. The SMILES string of the molecule is CC(C)c1cc(-c2ccccc2)nc(-c2ccc(O)cc2)c1/C=C/[C@@H]1C[C@@H](O)CC(=O)O1. The Morgan fingerprint density at radius 2 is 1.78 bits per heavy atom. The topological polar surface area (TPSA) is 79.7 Å². The summed E-state index contributed by atoms with van der Waals surface area (Å²) in [5.41, 5.74) is 5.60. The molecule has 32 heavy (non-hydrogen) atoms. The van der Waals surface area contributed by atoms with E-state index in [1.165, 1.54) is 0 Å². The number of aromatic hydroxyl groups is 1. The first-order chi connectivity index (χ1) is 15.4. The van der Waals surface area contributed by atoms with E-state index in [9.17, 15) is 15.0 Å². The molecule has 5 heteroatoms. The van der Waals surface area contributed by atoms with Crippen LogP contribution in [-0.4, -0.2) is 33.4 Å². The first-order valence-corrected chi connectivity index (χ1v) is 10.9. The van der Waals surface area contributed by atoms with Gasteiger partial charge in [-0.25, -0.2) is 4.98 Å². The molecule has 164 valence electrons. The second kappa shape index (κ2) is 9.37. The molecule has 0 radical (unpaired) electrons. The molecule has 0 bridgehead atoms. The zero-order valence-corrected chi connectivity index (χ0v) is 18.2. The second-order valence-electron chi connectivity index (χ2n) is 8.41. The predicted molar refractivity (Wildman–Crippen MR) is 125 cm³/mol. The van der Waals surface area contributed by atoms with Crippen molar-refractivity contribution in [2.75, 3.05) is 0 Å². The smallest absolute Gasteiger partial charge is 0.309 e. The first kappa shape index (κ1) is 21.8. The fourth-order valence-corrected chi connectivity index (χ4v) is 3.95. The molecular formula is C27H27NO4. The van der Waals surface area contributed by atoms with Gasteiger partial charge in [-0.1, -0.05) is 50.3 Å². The molecule has 1 aromatic heterocycles. The van der Waals surface area contributed by atoms with Gasteiger partial charge in [0.2, 0.25) is 0 Å².